The number of hydrogen-bond acceptors (Lipinski definition) is 7. The number of amides is 1. The number of nitrogens with one attached hydrogen (secondary N) is 1. The summed E-state index contributed by atoms with van der Waals surface area (Å²) < 4.78 is 0. The summed E-state index contributed by atoms with van der Waals surface area (Å²) in [6.07, 6.45) is 4.30. The number of nitrogens with two attached hydrogens (primary N) is 2. The molecule has 0 bridgehead atoms. The highest BCUT2D eigenvalue weighted by atomic mass is 32.2. The number of carbonyl (C=O) groups is 1. The number of aromatic nitrogens is 2. The molecule has 35 heavy (non-hydrogen) atoms. The van der Waals surface area contributed by atoms with Crippen LogP contribution < -0.4 is 21.7 Å². The lowest BCUT2D eigenvalue weighted by Crippen LogP contribution is -2.38. The number of aliphatic imine (C=N–C) groups is 1. The van der Waals surface area contributed by atoms with Crippen LogP contribution in [-0.2, 0) is 4.79 Å². The molecule has 2 aromatic rings. The predicted octanol–water partition coefficient (Wildman–Crippen LogP) is 5.09. The van der Waals surface area contributed by atoms with Crippen molar-refractivity contribution in [3.63, 3.8) is 0 Å². The Morgan fingerprint density at radius 2 is 1.86 bits per heavy atom. The number of amidine groups is 1. The minimum absolute atomic E-state index is 0.0153. The molecule has 188 valence electrons. The lowest BCUT2D eigenvalue weighted by molar-refractivity contribution is -0.115. The van der Waals surface area contributed by atoms with Crippen molar-refractivity contribution in [2.75, 3.05) is 23.3 Å². The molecule has 1 saturated heterocycles. The van der Waals surface area contributed by atoms with Crippen LogP contribution in [-0.4, -0.2) is 34.8 Å². The van der Waals surface area contributed by atoms with Gasteiger partial charge in [0.2, 0.25) is 5.91 Å². The van der Waals surface area contributed by atoms with Gasteiger partial charge in [-0.1, -0.05) is 27.7 Å². The largest absolute Gasteiger partial charge is 0.402 e. The van der Waals surface area contributed by atoms with E-state index in [4.69, 9.17) is 16.5 Å². The first-order valence-corrected chi connectivity index (χ1v) is 12.8. The fourth-order valence-corrected chi connectivity index (χ4v) is 4.76. The van der Waals surface area contributed by atoms with Gasteiger partial charge in [-0.05, 0) is 73.2 Å². The van der Waals surface area contributed by atoms with Crippen LogP contribution in [0.25, 0.3) is 0 Å². The average molecular weight is 496 g/mol. The second-order valence-corrected chi connectivity index (χ2v) is 11.0. The second kappa shape index (κ2) is 11.6. The Kier molecular flexibility index (Phi) is 8.77. The van der Waals surface area contributed by atoms with E-state index in [-0.39, 0.29) is 5.91 Å². The highest BCUT2D eigenvalue weighted by molar-refractivity contribution is 7.99. The molecule has 2 heterocycles. The first-order valence-electron chi connectivity index (χ1n) is 12.0. The van der Waals surface area contributed by atoms with Gasteiger partial charge in [0.25, 0.3) is 0 Å². The van der Waals surface area contributed by atoms with Crippen LogP contribution in [0, 0.1) is 11.3 Å². The van der Waals surface area contributed by atoms with Gasteiger partial charge < -0.3 is 21.7 Å². The number of allylic oxidation sites excluding steroid dienone is 1. The molecule has 1 aromatic carbocycles. The van der Waals surface area contributed by atoms with E-state index < -0.39 is 0 Å². The number of nitrogens with zero attached hydrogens (tertiary/aromatic N) is 4. The van der Waals surface area contributed by atoms with Gasteiger partial charge in [0, 0.05) is 41.9 Å². The Hall–Kier alpha value is -3.07. The summed E-state index contributed by atoms with van der Waals surface area (Å²) >= 11 is 1.45. The van der Waals surface area contributed by atoms with Crippen molar-refractivity contribution in [2.45, 2.75) is 63.9 Å². The third-order valence-electron chi connectivity index (χ3n) is 6.01. The molecule has 0 atom stereocenters. The standard InChI is InChI=1S/C26H37N7OS/c1-6-24(34)29-19-7-9-20(10-8-19)35-25-31-22(30-21(28)15-17(2)27)16-23(32-25)33-13-11-18(12-14-33)26(3,4)5/h7-10,15-16,18H,6,11-14,27H2,1-5H3,(H,29,34)(H2,28,30,31,32)/b17-15-. The molecular weight excluding hydrogens is 458 g/mol. The van der Waals surface area contributed by atoms with E-state index in [0.29, 0.717) is 40.3 Å². The Labute approximate surface area is 212 Å². The summed E-state index contributed by atoms with van der Waals surface area (Å²) in [7, 11) is 0. The molecular formula is C26H37N7OS. The quantitative estimate of drug-likeness (QED) is 0.278. The van der Waals surface area contributed by atoms with Gasteiger partial charge in [0.05, 0.1) is 0 Å². The molecule has 1 fully saturated rings. The molecule has 0 aliphatic carbocycles. The number of hydrogen-bond donors (Lipinski definition) is 3. The molecule has 1 amide bonds. The van der Waals surface area contributed by atoms with Crippen molar-refractivity contribution in [3.8, 4) is 0 Å². The van der Waals surface area contributed by atoms with Gasteiger partial charge >= 0.3 is 0 Å². The fraction of sp³-hybridized carbons (Fsp3) is 0.462. The molecule has 1 aliphatic heterocycles. The van der Waals surface area contributed by atoms with E-state index in [1.54, 1.807) is 13.0 Å². The van der Waals surface area contributed by atoms with Gasteiger partial charge in [0.1, 0.15) is 11.7 Å². The Bertz CT molecular complexity index is 1080. The maximum Gasteiger partial charge on any atom is 0.224 e. The maximum absolute atomic E-state index is 11.6. The molecule has 0 radical (unpaired) electrons. The zero-order valence-electron chi connectivity index (χ0n) is 21.3. The third kappa shape index (κ3) is 7.99. The average Bonchev–Trinajstić information content (AvgIpc) is 2.79. The van der Waals surface area contributed by atoms with Crippen molar-refractivity contribution < 1.29 is 4.79 Å². The number of piperidine rings is 1. The topological polar surface area (TPSA) is 123 Å². The number of rotatable bonds is 7. The summed E-state index contributed by atoms with van der Waals surface area (Å²) in [6.45, 7) is 12.4. The van der Waals surface area contributed by atoms with Crippen LogP contribution in [0.1, 0.15) is 53.9 Å². The SMILES string of the molecule is CCC(=O)Nc1ccc(Sc2nc(/N=C(N)/C=C(/C)N)cc(N3CCC(C(C)(C)C)CC3)n2)cc1. The van der Waals surface area contributed by atoms with Crippen LogP contribution in [0.15, 0.2) is 57.1 Å². The Morgan fingerprint density at radius 3 is 2.43 bits per heavy atom. The molecule has 8 nitrogen and oxygen atoms in total. The maximum atomic E-state index is 11.6. The van der Waals surface area contributed by atoms with Gasteiger partial charge in [-0.3, -0.25) is 4.79 Å². The van der Waals surface area contributed by atoms with Gasteiger partial charge in [0.15, 0.2) is 11.0 Å². The van der Waals surface area contributed by atoms with Crippen molar-refractivity contribution >= 4 is 40.8 Å². The van der Waals surface area contributed by atoms with Gasteiger partial charge in [-0.2, -0.15) is 0 Å². The van der Waals surface area contributed by atoms with E-state index in [2.05, 4.69) is 41.0 Å². The lowest BCUT2D eigenvalue weighted by Gasteiger charge is -2.39. The summed E-state index contributed by atoms with van der Waals surface area (Å²) in [6, 6.07) is 9.53. The molecule has 3 rings (SSSR count). The normalized spacial score (nSPS) is 15.9. The second-order valence-electron chi connectivity index (χ2n) is 9.95. The highest BCUT2D eigenvalue weighted by Gasteiger charge is 2.29. The Balaban J connectivity index is 1.86. The monoisotopic (exact) mass is 495 g/mol. The third-order valence-corrected chi connectivity index (χ3v) is 6.88. The summed E-state index contributed by atoms with van der Waals surface area (Å²) in [5.74, 6) is 2.32. The van der Waals surface area contributed by atoms with E-state index in [9.17, 15) is 4.79 Å². The first kappa shape index (κ1) is 26.5. The van der Waals surface area contributed by atoms with Crippen molar-refractivity contribution in [3.05, 3.63) is 42.1 Å². The van der Waals surface area contributed by atoms with E-state index in [0.717, 1.165) is 42.3 Å². The number of anilines is 2. The molecule has 0 unspecified atom stereocenters. The van der Waals surface area contributed by atoms with Crippen molar-refractivity contribution in [1.82, 2.24) is 9.97 Å². The molecule has 0 spiro atoms. The van der Waals surface area contributed by atoms with Crippen LogP contribution >= 0.6 is 11.8 Å². The van der Waals surface area contributed by atoms with E-state index in [1.807, 2.05) is 37.3 Å². The van der Waals surface area contributed by atoms with E-state index >= 15 is 0 Å². The van der Waals surface area contributed by atoms with Gasteiger partial charge in [-0.25, -0.2) is 15.0 Å². The van der Waals surface area contributed by atoms with Crippen LogP contribution in [0.2, 0.25) is 0 Å². The van der Waals surface area contributed by atoms with Crippen LogP contribution in [0.3, 0.4) is 0 Å². The van der Waals surface area contributed by atoms with Gasteiger partial charge in [-0.15, -0.1) is 0 Å². The molecule has 1 aromatic heterocycles. The fourth-order valence-electron chi connectivity index (χ4n) is 4.00. The Morgan fingerprint density at radius 1 is 1.20 bits per heavy atom. The highest BCUT2D eigenvalue weighted by Crippen LogP contribution is 2.36. The lowest BCUT2D eigenvalue weighted by atomic mass is 9.75. The zero-order valence-corrected chi connectivity index (χ0v) is 22.2. The summed E-state index contributed by atoms with van der Waals surface area (Å²) in [4.78, 5) is 28.8. The smallest absolute Gasteiger partial charge is 0.224 e. The summed E-state index contributed by atoms with van der Waals surface area (Å²) in [5, 5.41) is 3.45. The molecule has 9 heteroatoms. The molecule has 5 N–H and O–H groups in total. The van der Waals surface area contributed by atoms with Crippen molar-refractivity contribution in [1.29, 1.82) is 0 Å². The molecule has 0 saturated carbocycles. The van der Waals surface area contributed by atoms with E-state index in [1.165, 1.54) is 11.8 Å². The van der Waals surface area contributed by atoms with Crippen LogP contribution in [0.4, 0.5) is 17.3 Å². The zero-order chi connectivity index (χ0) is 25.6. The van der Waals surface area contributed by atoms with Crippen molar-refractivity contribution in [2.24, 2.45) is 27.8 Å². The predicted molar refractivity (Wildman–Crippen MR) is 145 cm³/mol. The minimum Gasteiger partial charge on any atom is -0.402 e. The number of carbonyl (C=O) groups excluding carboxylic acids is 1. The summed E-state index contributed by atoms with van der Waals surface area (Å²) in [5.41, 5.74) is 13.4. The number of benzene rings is 1. The van der Waals surface area contributed by atoms with Crippen LogP contribution in [0.5, 0.6) is 0 Å². The minimum atomic E-state index is -0.0153. The first-order chi connectivity index (χ1) is 16.5. The molecule has 1 aliphatic rings.